The molecule has 0 heterocycles. The van der Waals surface area contributed by atoms with E-state index in [1.165, 1.54) is 38.5 Å². The lowest BCUT2D eigenvalue weighted by molar-refractivity contribution is 0.0136. The Kier molecular flexibility index (Phi) is 8.89. The smallest absolute Gasteiger partial charge is 0.0374 e. The molecule has 0 aromatic heterocycles. The molecule has 0 saturated heterocycles. The van der Waals surface area contributed by atoms with E-state index in [1.54, 1.807) is 0 Å². The summed E-state index contributed by atoms with van der Waals surface area (Å²) >= 11 is 0. The van der Waals surface area contributed by atoms with E-state index in [-0.39, 0.29) is 5.54 Å². The van der Waals surface area contributed by atoms with Crippen molar-refractivity contribution in [1.29, 1.82) is 0 Å². The number of hydrogen-bond acceptors (Lipinski definition) is 2. The van der Waals surface area contributed by atoms with Crippen LogP contribution >= 0.6 is 0 Å². The lowest BCUT2D eigenvalue weighted by Gasteiger charge is -2.46. The Hall–Kier alpha value is -0.0800. The summed E-state index contributed by atoms with van der Waals surface area (Å²) in [7, 11) is 0. The molecular formula is C16H36N2. The molecule has 0 amide bonds. The molecule has 0 radical (unpaired) electrons. The van der Waals surface area contributed by atoms with Crippen LogP contribution < -0.4 is 5.84 Å². The van der Waals surface area contributed by atoms with Gasteiger partial charge in [-0.25, -0.2) is 5.01 Å². The number of hydrogen-bond donors (Lipinski definition) is 1. The Morgan fingerprint density at radius 1 is 0.944 bits per heavy atom. The van der Waals surface area contributed by atoms with Gasteiger partial charge in [-0.1, -0.05) is 67.2 Å². The topological polar surface area (TPSA) is 29.3 Å². The molecular weight excluding hydrogens is 220 g/mol. The van der Waals surface area contributed by atoms with E-state index in [9.17, 15) is 0 Å². The summed E-state index contributed by atoms with van der Waals surface area (Å²) in [4.78, 5) is 0. The molecule has 2 nitrogen and oxygen atoms in total. The molecule has 0 aromatic rings. The van der Waals surface area contributed by atoms with Crippen molar-refractivity contribution < 1.29 is 0 Å². The third-order valence-electron chi connectivity index (χ3n) is 4.14. The Morgan fingerprint density at radius 3 is 1.67 bits per heavy atom. The van der Waals surface area contributed by atoms with Crippen LogP contribution in [-0.2, 0) is 0 Å². The van der Waals surface area contributed by atoms with E-state index in [4.69, 9.17) is 5.84 Å². The van der Waals surface area contributed by atoms with Gasteiger partial charge in [-0.05, 0) is 24.7 Å². The van der Waals surface area contributed by atoms with Crippen LogP contribution in [0.3, 0.4) is 0 Å². The third-order valence-corrected chi connectivity index (χ3v) is 4.14. The number of rotatable bonds is 10. The number of unbranched alkanes of at least 4 members (excludes halogenated alkanes) is 2. The van der Waals surface area contributed by atoms with Crippen LogP contribution in [0.15, 0.2) is 0 Å². The second-order valence-corrected chi connectivity index (χ2v) is 6.51. The minimum atomic E-state index is 0.205. The van der Waals surface area contributed by atoms with Gasteiger partial charge in [0.1, 0.15) is 0 Å². The molecule has 0 rings (SSSR count). The summed E-state index contributed by atoms with van der Waals surface area (Å²) in [6, 6.07) is 0. The minimum Gasteiger partial charge on any atom is -0.268 e. The fraction of sp³-hybridized carbons (Fsp3) is 1.00. The van der Waals surface area contributed by atoms with Crippen molar-refractivity contribution in [1.82, 2.24) is 5.01 Å². The second-order valence-electron chi connectivity index (χ2n) is 6.51. The van der Waals surface area contributed by atoms with Crippen molar-refractivity contribution in [2.45, 2.75) is 85.6 Å². The van der Waals surface area contributed by atoms with E-state index < -0.39 is 0 Å². The highest BCUT2D eigenvalue weighted by Crippen LogP contribution is 2.34. The first kappa shape index (κ1) is 17.9. The molecule has 0 aliphatic rings. The fourth-order valence-electron chi connectivity index (χ4n) is 2.86. The zero-order valence-electron chi connectivity index (χ0n) is 13.6. The van der Waals surface area contributed by atoms with Gasteiger partial charge in [0.15, 0.2) is 0 Å². The summed E-state index contributed by atoms with van der Waals surface area (Å²) in [5, 5.41) is 2.17. The molecule has 0 unspecified atom stereocenters. The molecule has 0 saturated carbocycles. The maximum absolute atomic E-state index is 6.47. The van der Waals surface area contributed by atoms with Crippen molar-refractivity contribution in [2.24, 2.45) is 17.7 Å². The highest BCUT2D eigenvalue weighted by Gasteiger charge is 2.37. The van der Waals surface area contributed by atoms with Crippen LogP contribution in [0.2, 0.25) is 0 Å². The quantitative estimate of drug-likeness (QED) is 0.457. The summed E-state index contributed by atoms with van der Waals surface area (Å²) in [5.74, 6) is 7.73. The second kappa shape index (κ2) is 8.92. The van der Waals surface area contributed by atoms with Gasteiger partial charge in [0.2, 0.25) is 0 Å². The zero-order chi connectivity index (χ0) is 14.2. The molecule has 18 heavy (non-hydrogen) atoms. The van der Waals surface area contributed by atoms with Gasteiger partial charge in [0.05, 0.1) is 0 Å². The molecule has 2 N–H and O–H groups in total. The van der Waals surface area contributed by atoms with Gasteiger partial charge in [0, 0.05) is 12.1 Å². The number of nitrogens with zero attached hydrogens (tertiary/aromatic N) is 1. The highest BCUT2D eigenvalue weighted by atomic mass is 15.4. The first-order chi connectivity index (χ1) is 8.40. The Bertz CT molecular complexity index is 191. The van der Waals surface area contributed by atoms with Crippen LogP contribution in [0.5, 0.6) is 0 Å². The van der Waals surface area contributed by atoms with Crippen molar-refractivity contribution in [2.75, 3.05) is 6.54 Å². The third kappa shape index (κ3) is 5.27. The Morgan fingerprint density at radius 2 is 1.39 bits per heavy atom. The normalized spacial score (nSPS) is 13.0. The number of hydrazine groups is 1. The van der Waals surface area contributed by atoms with E-state index in [1.807, 2.05) is 0 Å². The van der Waals surface area contributed by atoms with Crippen LogP contribution in [0.25, 0.3) is 0 Å². The molecule has 0 bridgehead atoms. The van der Waals surface area contributed by atoms with Gasteiger partial charge in [-0.2, -0.15) is 0 Å². The van der Waals surface area contributed by atoms with Gasteiger partial charge in [0.25, 0.3) is 0 Å². The van der Waals surface area contributed by atoms with E-state index >= 15 is 0 Å². The molecule has 2 heteroatoms. The molecule has 0 aliphatic heterocycles. The maximum Gasteiger partial charge on any atom is 0.0374 e. The van der Waals surface area contributed by atoms with Crippen LogP contribution in [0.4, 0.5) is 0 Å². The van der Waals surface area contributed by atoms with Crippen molar-refractivity contribution in [3.8, 4) is 0 Å². The van der Waals surface area contributed by atoms with Gasteiger partial charge in [-0.15, -0.1) is 0 Å². The largest absolute Gasteiger partial charge is 0.268 e. The summed E-state index contributed by atoms with van der Waals surface area (Å²) in [6.45, 7) is 14.7. The van der Waals surface area contributed by atoms with Gasteiger partial charge in [-0.3, -0.25) is 5.84 Å². The number of nitrogens with two attached hydrogens (primary N) is 1. The average molecular weight is 256 g/mol. The van der Waals surface area contributed by atoms with Gasteiger partial charge < -0.3 is 0 Å². The zero-order valence-corrected chi connectivity index (χ0v) is 13.6. The van der Waals surface area contributed by atoms with E-state index in [2.05, 4.69) is 46.6 Å². The molecule has 0 fully saturated rings. The van der Waals surface area contributed by atoms with Crippen LogP contribution in [-0.4, -0.2) is 17.1 Å². The minimum absolute atomic E-state index is 0.205. The van der Waals surface area contributed by atoms with E-state index in [0.29, 0.717) is 11.8 Å². The molecule has 0 spiro atoms. The highest BCUT2D eigenvalue weighted by molar-refractivity contribution is 4.91. The van der Waals surface area contributed by atoms with Crippen LogP contribution in [0, 0.1) is 11.8 Å². The van der Waals surface area contributed by atoms with Crippen molar-refractivity contribution in [3.05, 3.63) is 0 Å². The summed E-state index contributed by atoms with van der Waals surface area (Å²) in [5.41, 5.74) is 0.205. The fourth-order valence-corrected chi connectivity index (χ4v) is 2.86. The Balaban J connectivity index is 4.90. The molecule has 0 atom stereocenters. The monoisotopic (exact) mass is 256 g/mol. The summed E-state index contributed by atoms with van der Waals surface area (Å²) < 4.78 is 0. The van der Waals surface area contributed by atoms with Crippen LogP contribution in [0.1, 0.15) is 80.1 Å². The SMILES string of the molecule is CCCCC(CCCC)(C(C)C)N(N)CC(C)C. The lowest BCUT2D eigenvalue weighted by Crippen LogP contribution is -2.57. The maximum atomic E-state index is 6.47. The molecule has 0 aliphatic carbocycles. The van der Waals surface area contributed by atoms with Gasteiger partial charge >= 0.3 is 0 Å². The molecule has 110 valence electrons. The van der Waals surface area contributed by atoms with E-state index in [0.717, 1.165) is 6.54 Å². The standard InChI is InChI=1S/C16H36N2/c1-7-9-11-16(15(5)6,12-10-8-2)18(17)13-14(3)4/h14-15H,7-13,17H2,1-6H3. The Labute approximate surface area is 115 Å². The summed E-state index contributed by atoms with van der Waals surface area (Å²) in [6.07, 6.45) is 7.57. The first-order valence-corrected chi connectivity index (χ1v) is 7.93. The van der Waals surface area contributed by atoms with Crippen molar-refractivity contribution >= 4 is 0 Å². The average Bonchev–Trinajstić information content (AvgIpc) is 2.28. The predicted molar refractivity (Wildman–Crippen MR) is 82.4 cm³/mol. The molecule has 0 aromatic carbocycles. The first-order valence-electron chi connectivity index (χ1n) is 7.93. The lowest BCUT2D eigenvalue weighted by atomic mass is 9.77. The predicted octanol–water partition coefficient (Wildman–Crippen LogP) is 4.59. The van der Waals surface area contributed by atoms with Crippen molar-refractivity contribution in [3.63, 3.8) is 0 Å².